The molecule has 1 rings (SSSR count). The maximum atomic E-state index is 10.8. The highest BCUT2D eigenvalue weighted by Crippen LogP contribution is 2.23. The summed E-state index contributed by atoms with van der Waals surface area (Å²) in [7, 11) is 0. The first-order valence-electron chi connectivity index (χ1n) is 4.51. The molecule has 7 nitrogen and oxygen atoms in total. The average Bonchev–Trinajstić information content (AvgIpc) is 2.19. The highest BCUT2D eigenvalue weighted by molar-refractivity contribution is 5.73. The molecular weight excluding hydrogens is 206 g/mol. The van der Waals surface area contributed by atoms with Gasteiger partial charge in [0.05, 0.1) is 13.2 Å². The van der Waals surface area contributed by atoms with E-state index in [2.05, 4.69) is 5.32 Å². The fraction of sp³-hybridized carbons (Fsp3) is 0.875. The summed E-state index contributed by atoms with van der Waals surface area (Å²) in [5.41, 5.74) is 0. The molecule has 4 unspecified atom stereocenters. The standard InChI is InChI=1S/C8H15NO6/c1-4(11)9-7-6(13)5(12)2-15-8(7,14)3-10/h5-7,10,12-14H,2-3H2,1H3,(H,9,11). The molecule has 1 fully saturated rings. The van der Waals surface area contributed by atoms with Crippen LogP contribution in [0.3, 0.4) is 0 Å². The van der Waals surface area contributed by atoms with Crippen molar-refractivity contribution in [3.63, 3.8) is 0 Å². The Morgan fingerprint density at radius 2 is 2.20 bits per heavy atom. The third-order valence-electron chi connectivity index (χ3n) is 2.31. The lowest BCUT2D eigenvalue weighted by molar-refractivity contribution is -0.297. The largest absolute Gasteiger partial charge is 0.391 e. The summed E-state index contributed by atoms with van der Waals surface area (Å²) in [5, 5.41) is 39.7. The molecule has 1 aliphatic heterocycles. The van der Waals surface area contributed by atoms with Crippen LogP contribution in [0.4, 0.5) is 0 Å². The molecule has 0 saturated carbocycles. The van der Waals surface area contributed by atoms with Crippen molar-refractivity contribution >= 4 is 5.91 Å². The quantitative estimate of drug-likeness (QED) is 0.337. The Morgan fingerprint density at radius 1 is 1.60 bits per heavy atom. The third kappa shape index (κ3) is 2.44. The molecule has 5 N–H and O–H groups in total. The summed E-state index contributed by atoms with van der Waals surface area (Å²) in [6.07, 6.45) is -2.60. The Bertz CT molecular complexity index is 247. The molecule has 4 atom stereocenters. The van der Waals surface area contributed by atoms with E-state index in [0.717, 1.165) is 0 Å². The van der Waals surface area contributed by atoms with E-state index in [-0.39, 0.29) is 6.61 Å². The number of rotatable bonds is 2. The third-order valence-corrected chi connectivity index (χ3v) is 2.31. The Labute approximate surface area is 86.3 Å². The second-order valence-electron chi connectivity index (χ2n) is 3.55. The fourth-order valence-corrected chi connectivity index (χ4v) is 1.47. The van der Waals surface area contributed by atoms with Crippen molar-refractivity contribution < 1.29 is 30.0 Å². The van der Waals surface area contributed by atoms with Crippen LogP contribution >= 0.6 is 0 Å². The van der Waals surface area contributed by atoms with Crippen molar-refractivity contribution in [3.05, 3.63) is 0 Å². The maximum Gasteiger partial charge on any atom is 0.217 e. The van der Waals surface area contributed by atoms with Gasteiger partial charge in [-0.05, 0) is 0 Å². The topological polar surface area (TPSA) is 119 Å². The van der Waals surface area contributed by atoms with Gasteiger partial charge in [0.15, 0.2) is 0 Å². The normalized spacial score (nSPS) is 41.3. The van der Waals surface area contributed by atoms with Gasteiger partial charge in [0.2, 0.25) is 11.7 Å². The monoisotopic (exact) mass is 221 g/mol. The Morgan fingerprint density at radius 3 is 2.67 bits per heavy atom. The molecule has 0 spiro atoms. The molecule has 7 heteroatoms. The number of carbonyl (C=O) groups excluding carboxylic acids is 1. The average molecular weight is 221 g/mol. The van der Waals surface area contributed by atoms with Crippen molar-refractivity contribution in [1.82, 2.24) is 5.32 Å². The lowest BCUT2D eigenvalue weighted by Gasteiger charge is -2.43. The van der Waals surface area contributed by atoms with Crippen molar-refractivity contribution in [2.24, 2.45) is 0 Å². The van der Waals surface area contributed by atoms with E-state index in [9.17, 15) is 20.1 Å². The van der Waals surface area contributed by atoms with Crippen molar-refractivity contribution in [2.45, 2.75) is 31.0 Å². The van der Waals surface area contributed by atoms with Crippen LogP contribution < -0.4 is 5.32 Å². The molecule has 1 aliphatic rings. The zero-order valence-corrected chi connectivity index (χ0v) is 8.25. The molecule has 0 bridgehead atoms. The summed E-state index contributed by atoms with van der Waals surface area (Å²) < 4.78 is 4.79. The first kappa shape index (κ1) is 12.3. The van der Waals surface area contributed by atoms with Crippen LogP contribution in [0.5, 0.6) is 0 Å². The molecular formula is C8H15NO6. The smallest absolute Gasteiger partial charge is 0.217 e. The number of aliphatic hydroxyl groups is 4. The molecule has 0 aromatic rings. The number of hydrogen-bond acceptors (Lipinski definition) is 6. The van der Waals surface area contributed by atoms with E-state index in [1.807, 2.05) is 0 Å². The van der Waals surface area contributed by atoms with E-state index in [1.165, 1.54) is 6.92 Å². The van der Waals surface area contributed by atoms with Crippen LogP contribution in [0.15, 0.2) is 0 Å². The highest BCUT2D eigenvalue weighted by Gasteiger charge is 2.49. The number of carbonyl (C=O) groups is 1. The molecule has 0 radical (unpaired) electrons. The van der Waals surface area contributed by atoms with Crippen molar-refractivity contribution in [3.8, 4) is 0 Å². The molecule has 0 aromatic heterocycles. The van der Waals surface area contributed by atoms with Gasteiger partial charge in [-0.1, -0.05) is 0 Å². The van der Waals surface area contributed by atoms with E-state index in [4.69, 9.17) is 9.84 Å². The second-order valence-corrected chi connectivity index (χ2v) is 3.55. The minimum atomic E-state index is -2.07. The molecule has 1 amide bonds. The van der Waals surface area contributed by atoms with Crippen molar-refractivity contribution in [1.29, 1.82) is 0 Å². The molecule has 1 saturated heterocycles. The minimum absolute atomic E-state index is 0.311. The number of ether oxygens (including phenoxy) is 1. The summed E-state index contributed by atoms with van der Waals surface area (Å²) in [4.78, 5) is 10.8. The van der Waals surface area contributed by atoms with Gasteiger partial charge >= 0.3 is 0 Å². The van der Waals surface area contributed by atoms with E-state index >= 15 is 0 Å². The summed E-state index contributed by atoms with van der Waals surface area (Å²) in [6.45, 7) is 0.0849. The van der Waals surface area contributed by atoms with Crippen LogP contribution in [-0.2, 0) is 9.53 Å². The maximum absolute atomic E-state index is 10.8. The SMILES string of the molecule is CC(=O)NC1C(O)C(O)COC1(O)CO. The summed E-state index contributed by atoms with van der Waals surface area (Å²) in [5.74, 6) is -2.58. The zero-order valence-electron chi connectivity index (χ0n) is 8.25. The first-order chi connectivity index (χ1) is 6.90. The van der Waals surface area contributed by atoms with Crippen molar-refractivity contribution in [2.75, 3.05) is 13.2 Å². The summed E-state index contributed by atoms with van der Waals surface area (Å²) in [6, 6.07) is -1.26. The van der Waals surface area contributed by atoms with Crippen LogP contribution in [-0.4, -0.2) is 63.6 Å². The van der Waals surface area contributed by atoms with Crippen LogP contribution in [0, 0.1) is 0 Å². The molecule has 0 aliphatic carbocycles. The molecule has 15 heavy (non-hydrogen) atoms. The predicted molar refractivity (Wildman–Crippen MR) is 47.6 cm³/mol. The van der Waals surface area contributed by atoms with Gasteiger partial charge in [0.1, 0.15) is 18.2 Å². The number of nitrogens with one attached hydrogen (secondary N) is 1. The van der Waals surface area contributed by atoms with Gasteiger partial charge in [-0.25, -0.2) is 0 Å². The minimum Gasteiger partial charge on any atom is -0.391 e. The number of amides is 1. The van der Waals surface area contributed by atoms with Gasteiger partial charge in [0.25, 0.3) is 0 Å². The zero-order chi connectivity index (χ0) is 11.6. The van der Waals surface area contributed by atoms with Gasteiger partial charge in [-0.15, -0.1) is 0 Å². The van der Waals surface area contributed by atoms with Crippen LogP contribution in [0.1, 0.15) is 6.92 Å². The van der Waals surface area contributed by atoms with Gasteiger partial charge in [0, 0.05) is 6.92 Å². The first-order valence-corrected chi connectivity index (χ1v) is 4.51. The van der Waals surface area contributed by atoms with E-state index in [1.54, 1.807) is 0 Å². The Hall–Kier alpha value is -0.730. The predicted octanol–water partition coefficient (Wildman–Crippen LogP) is -3.08. The van der Waals surface area contributed by atoms with Crippen LogP contribution in [0.2, 0.25) is 0 Å². The molecule has 88 valence electrons. The van der Waals surface area contributed by atoms with Gasteiger partial charge < -0.3 is 30.5 Å². The number of aliphatic hydroxyl groups excluding tert-OH is 3. The van der Waals surface area contributed by atoms with Crippen LogP contribution in [0.25, 0.3) is 0 Å². The number of hydrogen-bond donors (Lipinski definition) is 5. The Balaban J connectivity index is 2.84. The second kappa shape index (κ2) is 4.42. The van der Waals surface area contributed by atoms with Gasteiger partial charge in [-0.3, -0.25) is 4.79 Å². The van der Waals surface area contributed by atoms with E-state index < -0.39 is 36.6 Å². The lowest BCUT2D eigenvalue weighted by Crippen LogP contribution is -2.68. The lowest BCUT2D eigenvalue weighted by atomic mass is 9.94. The summed E-state index contributed by atoms with van der Waals surface area (Å²) >= 11 is 0. The molecule has 0 aromatic carbocycles. The fourth-order valence-electron chi connectivity index (χ4n) is 1.47. The molecule has 1 heterocycles. The Kier molecular flexibility index (Phi) is 3.63. The van der Waals surface area contributed by atoms with Gasteiger partial charge in [-0.2, -0.15) is 0 Å². The highest BCUT2D eigenvalue weighted by atomic mass is 16.6. The van der Waals surface area contributed by atoms with E-state index in [0.29, 0.717) is 0 Å².